The molecule has 1 amide bonds. The molecule has 7 nitrogen and oxygen atoms in total. The molecular formula is C21H29F3N6O. The number of halogens is 3. The number of pyridine rings is 1. The molecule has 1 aliphatic carbocycles. The van der Waals surface area contributed by atoms with Gasteiger partial charge in [-0.15, -0.1) is 0 Å². The van der Waals surface area contributed by atoms with Crippen LogP contribution in [0.15, 0.2) is 6.07 Å². The number of aromatic nitrogens is 3. The van der Waals surface area contributed by atoms with Crippen molar-refractivity contribution in [1.82, 2.24) is 25.0 Å². The maximum atomic E-state index is 13.7. The van der Waals surface area contributed by atoms with Gasteiger partial charge in [-0.25, -0.2) is 4.98 Å². The van der Waals surface area contributed by atoms with E-state index in [0.717, 1.165) is 51.1 Å². The lowest BCUT2D eigenvalue weighted by Crippen LogP contribution is -2.46. The number of nitrogens with one attached hydrogen (secondary N) is 1. The summed E-state index contributed by atoms with van der Waals surface area (Å²) in [6.45, 7) is 1.54. The lowest BCUT2D eigenvalue weighted by molar-refractivity contribution is -0.136. The van der Waals surface area contributed by atoms with Gasteiger partial charge in [0.25, 0.3) is 0 Å². The molecule has 2 aliphatic rings. The van der Waals surface area contributed by atoms with Crippen LogP contribution in [0.3, 0.4) is 0 Å². The largest absolute Gasteiger partial charge is 0.417 e. The Morgan fingerprint density at radius 2 is 2.00 bits per heavy atom. The summed E-state index contributed by atoms with van der Waals surface area (Å²) in [7, 11) is 1.87. The van der Waals surface area contributed by atoms with Crippen LogP contribution in [0.2, 0.25) is 0 Å². The zero-order valence-electron chi connectivity index (χ0n) is 17.7. The van der Waals surface area contributed by atoms with Crippen LogP contribution in [0, 0.1) is 0 Å². The molecule has 2 fully saturated rings. The van der Waals surface area contributed by atoms with Crippen LogP contribution in [0.1, 0.15) is 62.1 Å². The van der Waals surface area contributed by atoms with Crippen molar-refractivity contribution < 1.29 is 18.0 Å². The number of fused-ring (bicyclic) bond motifs is 1. The minimum absolute atomic E-state index is 0.0208. The number of aromatic amines is 1. The maximum absolute atomic E-state index is 13.7. The van der Waals surface area contributed by atoms with Crippen molar-refractivity contribution in [3.8, 4) is 0 Å². The van der Waals surface area contributed by atoms with E-state index in [2.05, 4.69) is 15.2 Å². The number of likely N-dealkylation sites (N-methyl/N-ethyl adjacent to an activating group) is 1. The Kier molecular flexibility index (Phi) is 6.09. The molecule has 0 spiro atoms. The molecule has 10 heteroatoms. The average Bonchev–Trinajstić information content (AvgIpc) is 3.13. The van der Waals surface area contributed by atoms with Crippen molar-refractivity contribution >= 4 is 22.8 Å². The molecule has 170 valence electrons. The molecule has 3 heterocycles. The van der Waals surface area contributed by atoms with Crippen molar-refractivity contribution in [3.05, 3.63) is 17.3 Å². The van der Waals surface area contributed by atoms with E-state index in [1.54, 1.807) is 0 Å². The van der Waals surface area contributed by atoms with E-state index in [1.165, 1.54) is 6.42 Å². The van der Waals surface area contributed by atoms with E-state index in [9.17, 15) is 18.0 Å². The van der Waals surface area contributed by atoms with E-state index >= 15 is 0 Å². The molecular weight excluding hydrogens is 409 g/mol. The Balaban J connectivity index is 1.49. The number of alkyl halides is 3. The van der Waals surface area contributed by atoms with Gasteiger partial charge in [-0.3, -0.25) is 14.8 Å². The summed E-state index contributed by atoms with van der Waals surface area (Å²) in [5, 5.41) is 6.07. The quantitative estimate of drug-likeness (QED) is 0.762. The molecule has 31 heavy (non-hydrogen) atoms. The van der Waals surface area contributed by atoms with Crippen molar-refractivity contribution in [3.63, 3.8) is 0 Å². The van der Waals surface area contributed by atoms with E-state index in [0.29, 0.717) is 18.3 Å². The number of likely N-dealkylation sites (tertiary alicyclic amines) is 1. The third-order valence-electron chi connectivity index (χ3n) is 6.68. The second kappa shape index (κ2) is 8.64. The highest BCUT2D eigenvalue weighted by atomic mass is 19.4. The molecule has 1 saturated heterocycles. The van der Waals surface area contributed by atoms with Gasteiger partial charge in [-0.05, 0) is 38.3 Å². The summed E-state index contributed by atoms with van der Waals surface area (Å²) in [6, 6.07) is 1.39. The normalized spacial score (nSPS) is 21.5. The molecule has 4 rings (SSSR count). The van der Waals surface area contributed by atoms with Crippen LogP contribution >= 0.6 is 0 Å². The van der Waals surface area contributed by atoms with Crippen molar-refractivity contribution in [2.45, 2.75) is 63.1 Å². The number of H-pyrrole nitrogens is 1. The van der Waals surface area contributed by atoms with E-state index < -0.39 is 11.7 Å². The van der Waals surface area contributed by atoms with Crippen LogP contribution in [-0.4, -0.2) is 63.6 Å². The van der Waals surface area contributed by atoms with Gasteiger partial charge in [0.15, 0.2) is 5.65 Å². The number of hydrogen-bond donors (Lipinski definition) is 2. The zero-order chi connectivity index (χ0) is 22.2. The number of nitrogen functional groups attached to an aromatic ring is 1. The molecule has 0 bridgehead atoms. The number of anilines is 1. The predicted molar refractivity (Wildman–Crippen MR) is 111 cm³/mol. The second-order valence-corrected chi connectivity index (χ2v) is 8.80. The first-order valence-corrected chi connectivity index (χ1v) is 10.9. The minimum Gasteiger partial charge on any atom is -0.383 e. The molecule has 1 atom stereocenters. The summed E-state index contributed by atoms with van der Waals surface area (Å²) in [5.41, 5.74) is 5.17. The van der Waals surface area contributed by atoms with E-state index in [4.69, 9.17) is 5.73 Å². The van der Waals surface area contributed by atoms with E-state index in [1.807, 2.05) is 16.8 Å². The SMILES string of the molecule is CN(C(=O)CN1CCC[C@H](c2cc(C(F)(F)F)c3c(N)[nH]nc3n2)C1)C1CCCCC1. The van der Waals surface area contributed by atoms with Gasteiger partial charge in [0.2, 0.25) is 5.91 Å². The smallest absolute Gasteiger partial charge is 0.383 e. The summed E-state index contributed by atoms with van der Waals surface area (Å²) in [5.74, 6) is -0.250. The monoisotopic (exact) mass is 438 g/mol. The van der Waals surface area contributed by atoms with Crippen LogP contribution < -0.4 is 5.73 Å². The van der Waals surface area contributed by atoms with Gasteiger partial charge in [-0.1, -0.05) is 19.3 Å². The highest BCUT2D eigenvalue weighted by molar-refractivity contribution is 5.89. The predicted octanol–water partition coefficient (Wildman–Crippen LogP) is 3.53. The Labute approximate surface area is 179 Å². The van der Waals surface area contributed by atoms with Crippen LogP contribution in [0.25, 0.3) is 11.0 Å². The zero-order valence-corrected chi connectivity index (χ0v) is 17.7. The van der Waals surface area contributed by atoms with E-state index in [-0.39, 0.29) is 35.2 Å². The highest BCUT2D eigenvalue weighted by Gasteiger charge is 2.36. The highest BCUT2D eigenvalue weighted by Crippen LogP contribution is 2.38. The maximum Gasteiger partial charge on any atom is 0.417 e. The molecule has 3 N–H and O–H groups in total. The van der Waals surface area contributed by atoms with Crippen molar-refractivity contribution in [2.24, 2.45) is 0 Å². The number of nitrogens with zero attached hydrogens (tertiary/aromatic N) is 4. The molecule has 1 saturated carbocycles. The van der Waals surface area contributed by atoms with Gasteiger partial charge >= 0.3 is 6.18 Å². The first-order chi connectivity index (χ1) is 14.7. The lowest BCUT2D eigenvalue weighted by atomic mass is 9.92. The summed E-state index contributed by atoms with van der Waals surface area (Å²) in [6.07, 6.45) is 2.59. The Morgan fingerprint density at radius 1 is 1.26 bits per heavy atom. The molecule has 0 radical (unpaired) electrons. The first kappa shape index (κ1) is 21.9. The molecule has 0 aromatic carbocycles. The van der Waals surface area contributed by atoms with Gasteiger partial charge in [0, 0.05) is 31.2 Å². The first-order valence-electron chi connectivity index (χ1n) is 10.9. The summed E-state index contributed by atoms with van der Waals surface area (Å²) in [4.78, 5) is 21.1. The Morgan fingerprint density at radius 3 is 2.71 bits per heavy atom. The number of carbonyl (C=O) groups excluding carboxylic acids is 1. The summed E-state index contributed by atoms with van der Waals surface area (Å²) < 4.78 is 41.0. The van der Waals surface area contributed by atoms with Crippen LogP contribution in [0.5, 0.6) is 0 Å². The third kappa shape index (κ3) is 4.63. The van der Waals surface area contributed by atoms with Crippen LogP contribution in [-0.2, 0) is 11.0 Å². The van der Waals surface area contributed by atoms with Gasteiger partial charge < -0.3 is 10.6 Å². The standard InChI is InChI=1S/C21H29F3N6O/c1-29(14-7-3-2-4-8-14)17(31)12-30-9-5-6-13(11-30)16-10-15(21(22,23)24)18-19(25)27-28-20(18)26-16/h10,13-14H,2-9,11-12H2,1H3,(H3,25,26,27,28)/t13-/m0/s1. The van der Waals surface area contributed by atoms with Crippen molar-refractivity contribution in [2.75, 3.05) is 32.4 Å². The summed E-state index contributed by atoms with van der Waals surface area (Å²) >= 11 is 0. The number of carbonyl (C=O) groups is 1. The average molecular weight is 438 g/mol. The topological polar surface area (TPSA) is 91.1 Å². The fourth-order valence-electron chi connectivity index (χ4n) is 4.91. The van der Waals surface area contributed by atoms with Crippen LogP contribution in [0.4, 0.5) is 19.0 Å². The Bertz CT molecular complexity index is 937. The molecule has 2 aromatic rings. The molecule has 1 aliphatic heterocycles. The second-order valence-electron chi connectivity index (χ2n) is 8.80. The number of rotatable bonds is 4. The fourth-order valence-corrected chi connectivity index (χ4v) is 4.91. The fraction of sp³-hybridized carbons (Fsp3) is 0.667. The third-order valence-corrected chi connectivity index (χ3v) is 6.68. The number of nitrogens with two attached hydrogens (primary N) is 1. The van der Waals surface area contributed by atoms with Gasteiger partial charge in [0.1, 0.15) is 5.82 Å². The molecule has 0 unspecified atom stereocenters. The number of hydrogen-bond acceptors (Lipinski definition) is 5. The minimum atomic E-state index is -4.55. The molecule has 2 aromatic heterocycles. The van der Waals surface area contributed by atoms with Crippen molar-refractivity contribution in [1.29, 1.82) is 0 Å². The lowest BCUT2D eigenvalue weighted by Gasteiger charge is -2.36. The number of piperidine rings is 1. The Hall–Kier alpha value is -2.36. The van der Waals surface area contributed by atoms with Gasteiger partial charge in [-0.2, -0.15) is 18.3 Å². The number of amides is 1. The van der Waals surface area contributed by atoms with Gasteiger partial charge in [0.05, 0.1) is 17.5 Å².